The molecule has 1 amide bonds. The first-order valence-electron chi connectivity index (χ1n) is 6.00. The third kappa shape index (κ3) is 2.51. The van der Waals surface area contributed by atoms with Gasteiger partial charge in [0.1, 0.15) is 0 Å². The molecule has 2 atom stereocenters. The van der Waals surface area contributed by atoms with Crippen molar-refractivity contribution < 1.29 is 13.6 Å². The lowest BCUT2D eigenvalue weighted by molar-refractivity contribution is 0.0618. The van der Waals surface area contributed by atoms with Crippen molar-refractivity contribution in [3.8, 4) is 0 Å². The van der Waals surface area contributed by atoms with Crippen molar-refractivity contribution in [1.82, 2.24) is 4.90 Å². The standard InChI is InChI=1S/C13H16F2N2O/c1-8-6-10(16)4-5-17(8)13(18)9-2-3-11(14)12(15)7-9/h2-3,7-8,10H,4-6,16H2,1H3. The van der Waals surface area contributed by atoms with E-state index in [1.54, 1.807) is 4.90 Å². The number of nitrogens with zero attached hydrogens (tertiary/aromatic N) is 1. The molecule has 0 saturated carbocycles. The molecule has 0 aromatic heterocycles. The molecule has 3 nitrogen and oxygen atoms in total. The first kappa shape index (κ1) is 13.0. The Balaban J connectivity index is 2.18. The van der Waals surface area contributed by atoms with Crippen molar-refractivity contribution in [3.05, 3.63) is 35.4 Å². The summed E-state index contributed by atoms with van der Waals surface area (Å²) in [5, 5.41) is 0. The molecule has 5 heteroatoms. The van der Waals surface area contributed by atoms with E-state index in [0.29, 0.717) is 6.54 Å². The summed E-state index contributed by atoms with van der Waals surface area (Å²) in [6, 6.07) is 3.35. The largest absolute Gasteiger partial charge is 0.336 e. The highest BCUT2D eigenvalue weighted by Crippen LogP contribution is 2.19. The predicted molar refractivity (Wildman–Crippen MR) is 64.1 cm³/mol. The quantitative estimate of drug-likeness (QED) is 0.832. The molecule has 1 heterocycles. The summed E-state index contributed by atoms with van der Waals surface area (Å²) >= 11 is 0. The molecular weight excluding hydrogens is 238 g/mol. The van der Waals surface area contributed by atoms with E-state index in [2.05, 4.69) is 0 Å². The van der Waals surface area contributed by atoms with E-state index in [0.717, 1.165) is 25.0 Å². The topological polar surface area (TPSA) is 46.3 Å². The predicted octanol–water partition coefficient (Wildman–Crippen LogP) is 1.92. The molecule has 0 aliphatic carbocycles. The number of rotatable bonds is 1. The Morgan fingerprint density at radius 1 is 1.39 bits per heavy atom. The molecule has 2 N–H and O–H groups in total. The Morgan fingerprint density at radius 2 is 2.11 bits per heavy atom. The number of carbonyl (C=O) groups excluding carboxylic acids is 1. The van der Waals surface area contributed by atoms with E-state index >= 15 is 0 Å². The van der Waals surface area contributed by atoms with Gasteiger partial charge in [0.15, 0.2) is 11.6 Å². The van der Waals surface area contributed by atoms with Crippen LogP contribution in [0.15, 0.2) is 18.2 Å². The molecular formula is C13H16F2N2O. The van der Waals surface area contributed by atoms with E-state index in [-0.39, 0.29) is 23.6 Å². The molecule has 1 aliphatic rings. The maximum atomic E-state index is 13.1. The van der Waals surface area contributed by atoms with E-state index in [1.165, 1.54) is 6.07 Å². The highest BCUT2D eigenvalue weighted by Gasteiger charge is 2.28. The van der Waals surface area contributed by atoms with Gasteiger partial charge in [0.25, 0.3) is 5.91 Å². The summed E-state index contributed by atoms with van der Waals surface area (Å²) in [4.78, 5) is 13.8. The number of hydrogen-bond donors (Lipinski definition) is 1. The zero-order chi connectivity index (χ0) is 13.3. The molecule has 1 aromatic rings. The van der Waals surface area contributed by atoms with Gasteiger partial charge < -0.3 is 10.6 Å². The van der Waals surface area contributed by atoms with Gasteiger partial charge in [-0.1, -0.05) is 0 Å². The molecule has 0 radical (unpaired) electrons. The Morgan fingerprint density at radius 3 is 2.72 bits per heavy atom. The fourth-order valence-corrected chi connectivity index (χ4v) is 2.31. The van der Waals surface area contributed by atoms with Crippen LogP contribution in [-0.4, -0.2) is 29.4 Å². The SMILES string of the molecule is CC1CC(N)CCN1C(=O)c1ccc(F)c(F)c1. The van der Waals surface area contributed by atoms with Gasteiger partial charge >= 0.3 is 0 Å². The molecule has 0 bridgehead atoms. The van der Waals surface area contributed by atoms with Gasteiger partial charge in [0, 0.05) is 24.2 Å². The van der Waals surface area contributed by atoms with Crippen LogP contribution in [0.5, 0.6) is 0 Å². The van der Waals surface area contributed by atoms with Gasteiger partial charge in [-0.15, -0.1) is 0 Å². The smallest absolute Gasteiger partial charge is 0.254 e. The van der Waals surface area contributed by atoms with Crippen LogP contribution in [0.3, 0.4) is 0 Å². The third-order valence-corrected chi connectivity index (χ3v) is 3.34. The monoisotopic (exact) mass is 254 g/mol. The third-order valence-electron chi connectivity index (χ3n) is 3.34. The average Bonchev–Trinajstić information content (AvgIpc) is 2.32. The number of piperidine rings is 1. The van der Waals surface area contributed by atoms with Crippen LogP contribution in [0.2, 0.25) is 0 Å². The highest BCUT2D eigenvalue weighted by atomic mass is 19.2. The lowest BCUT2D eigenvalue weighted by Crippen LogP contribution is -2.48. The number of hydrogen-bond acceptors (Lipinski definition) is 2. The van der Waals surface area contributed by atoms with E-state index < -0.39 is 11.6 Å². The Hall–Kier alpha value is -1.49. The highest BCUT2D eigenvalue weighted by molar-refractivity contribution is 5.94. The van der Waals surface area contributed by atoms with Crippen molar-refractivity contribution in [3.63, 3.8) is 0 Å². The Labute approximate surface area is 105 Å². The molecule has 1 aliphatic heterocycles. The number of halogens is 2. The van der Waals surface area contributed by atoms with Crippen LogP contribution in [0.25, 0.3) is 0 Å². The molecule has 0 spiro atoms. The maximum Gasteiger partial charge on any atom is 0.254 e. The second kappa shape index (κ2) is 5.02. The Kier molecular flexibility index (Phi) is 3.61. The average molecular weight is 254 g/mol. The summed E-state index contributed by atoms with van der Waals surface area (Å²) in [5.74, 6) is -2.21. The number of carbonyl (C=O) groups is 1. The van der Waals surface area contributed by atoms with Crippen LogP contribution in [0.1, 0.15) is 30.1 Å². The lowest BCUT2D eigenvalue weighted by atomic mass is 9.98. The first-order chi connectivity index (χ1) is 8.49. The number of nitrogens with two attached hydrogens (primary N) is 1. The van der Waals surface area contributed by atoms with Gasteiger partial charge in [0.2, 0.25) is 0 Å². The fourth-order valence-electron chi connectivity index (χ4n) is 2.31. The van der Waals surface area contributed by atoms with Crippen molar-refractivity contribution in [2.24, 2.45) is 5.73 Å². The minimum Gasteiger partial charge on any atom is -0.336 e. The zero-order valence-corrected chi connectivity index (χ0v) is 10.2. The number of likely N-dealkylation sites (tertiary alicyclic amines) is 1. The van der Waals surface area contributed by atoms with Gasteiger partial charge in [-0.25, -0.2) is 8.78 Å². The molecule has 18 heavy (non-hydrogen) atoms. The summed E-state index contributed by atoms with van der Waals surface area (Å²) in [6.45, 7) is 2.47. The van der Waals surface area contributed by atoms with Crippen LogP contribution in [0, 0.1) is 11.6 Å². The van der Waals surface area contributed by atoms with Crippen LogP contribution in [-0.2, 0) is 0 Å². The van der Waals surface area contributed by atoms with Gasteiger partial charge in [0.05, 0.1) is 0 Å². The second-order valence-electron chi connectivity index (χ2n) is 4.76. The van der Waals surface area contributed by atoms with Crippen molar-refractivity contribution >= 4 is 5.91 Å². The molecule has 98 valence electrons. The van der Waals surface area contributed by atoms with Gasteiger partial charge in [-0.2, -0.15) is 0 Å². The van der Waals surface area contributed by atoms with Crippen molar-refractivity contribution in [1.29, 1.82) is 0 Å². The maximum absolute atomic E-state index is 13.1. The molecule has 1 aromatic carbocycles. The number of amides is 1. The van der Waals surface area contributed by atoms with E-state index in [4.69, 9.17) is 5.73 Å². The summed E-state index contributed by atoms with van der Waals surface area (Å²) in [7, 11) is 0. The molecule has 1 fully saturated rings. The van der Waals surface area contributed by atoms with Crippen LogP contribution < -0.4 is 5.73 Å². The minimum atomic E-state index is -0.998. The van der Waals surface area contributed by atoms with Crippen molar-refractivity contribution in [2.45, 2.75) is 31.8 Å². The number of benzene rings is 1. The van der Waals surface area contributed by atoms with Crippen molar-refractivity contribution in [2.75, 3.05) is 6.54 Å². The first-order valence-corrected chi connectivity index (χ1v) is 6.00. The Bertz CT molecular complexity index is 464. The molecule has 2 rings (SSSR count). The summed E-state index contributed by atoms with van der Waals surface area (Å²) in [5.41, 5.74) is 6.00. The molecule has 1 saturated heterocycles. The minimum absolute atomic E-state index is 0.0226. The zero-order valence-electron chi connectivity index (χ0n) is 10.2. The molecule has 2 unspecified atom stereocenters. The normalized spacial score (nSPS) is 24.1. The van der Waals surface area contributed by atoms with Gasteiger partial charge in [-0.3, -0.25) is 4.79 Å². The van der Waals surface area contributed by atoms with E-state index in [1.807, 2.05) is 6.92 Å². The fraction of sp³-hybridized carbons (Fsp3) is 0.462. The van der Waals surface area contributed by atoms with Gasteiger partial charge in [-0.05, 0) is 38.0 Å². The van der Waals surface area contributed by atoms with E-state index in [9.17, 15) is 13.6 Å². The summed E-state index contributed by atoms with van der Waals surface area (Å²) in [6.07, 6.45) is 1.47. The second-order valence-corrected chi connectivity index (χ2v) is 4.76. The summed E-state index contributed by atoms with van der Waals surface area (Å²) < 4.78 is 25.9. The van der Waals surface area contributed by atoms with Crippen LogP contribution >= 0.6 is 0 Å². The lowest BCUT2D eigenvalue weighted by Gasteiger charge is -2.36. The van der Waals surface area contributed by atoms with Crippen LogP contribution in [0.4, 0.5) is 8.78 Å².